The smallest absolute Gasteiger partial charge is 0.377 e. The van der Waals surface area contributed by atoms with Crippen molar-refractivity contribution in [3.05, 3.63) is 0 Å². The van der Waals surface area contributed by atoms with E-state index in [0.717, 1.165) is 64.9 Å². The predicted octanol–water partition coefficient (Wildman–Crippen LogP) is 5.22. The molecule has 0 aliphatic rings. The summed E-state index contributed by atoms with van der Waals surface area (Å²) in [4.78, 5) is 8.06. The van der Waals surface area contributed by atoms with Gasteiger partial charge >= 0.3 is 8.80 Å². The van der Waals surface area contributed by atoms with E-state index in [2.05, 4.69) is 56.2 Å². The van der Waals surface area contributed by atoms with Crippen LogP contribution in [0.5, 0.6) is 0 Å². The van der Waals surface area contributed by atoms with Crippen LogP contribution in [-0.4, -0.2) is 104 Å². The highest BCUT2D eigenvalue weighted by molar-refractivity contribution is 6.60. The molecule has 0 radical (unpaired) electrons. The Kier molecular flexibility index (Phi) is 19.2. The number of nitrogens with zero attached hydrogens (tertiary/aromatic N) is 3. The minimum atomic E-state index is -2.77. The molecule has 0 amide bonds. The maximum atomic E-state index is 6.04. The fraction of sp³-hybridized carbons (Fsp3) is 1.00. The second kappa shape index (κ2) is 19.2. The Hall–Kier alpha value is -0.0231. The highest BCUT2D eigenvalue weighted by atomic mass is 28.4. The average molecular weight is 490 g/mol. The van der Waals surface area contributed by atoms with Crippen LogP contribution in [0.1, 0.15) is 80.1 Å². The second-order valence-corrected chi connectivity index (χ2v) is 12.7. The summed E-state index contributed by atoms with van der Waals surface area (Å²) >= 11 is 0. The van der Waals surface area contributed by atoms with Crippen molar-refractivity contribution in [2.24, 2.45) is 5.41 Å². The first-order valence-corrected chi connectivity index (χ1v) is 15.6. The topological polar surface area (TPSA) is 37.4 Å². The van der Waals surface area contributed by atoms with Crippen LogP contribution in [0.4, 0.5) is 0 Å². The van der Waals surface area contributed by atoms with Crippen LogP contribution < -0.4 is 0 Å². The summed E-state index contributed by atoms with van der Waals surface area (Å²) < 4.78 is 18.1. The summed E-state index contributed by atoms with van der Waals surface area (Å²) in [7, 11) is 2.54. The fourth-order valence-corrected chi connectivity index (χ4v) is 7.56. The number of hydrogen-bond donors (Lipinski definition) is 0. The molecule has 0 fully saturated rings. The van der Waals surface area contributed by atoms with Gasteiger partial charge < -0.3 is 28.0 Å². The molecule has 0 aromatic carbocycles. The van der Waals surface area contributed by atoms with Crippen molar-refractivity contribution >= 4 is 8.80 Å². The van der Waals surface area contributed by atoms with E-state index in [1.807, 2.05) is 0 Å². The van der Waals surface area contributed by atoms with Gasteiger partial charge in [0.15, 0.2) is 0 Å². The lowest BCUT2D eigenvalue weighted by molar-refractivity contribution is 0.0394. The molecule has 0 aliphatic heterocycles. The standard InChI is InChI=1S/C26H59N3O3Si/c1-10-16-27(17-11-2)22-26(23-28(18-12-3)19-13-4,24-29(20-14-5)21-15-6)25-33(30-7,31-8)32-9/h10-25H2,1-9H3. The Bertz CT molecular complexity index is 381. The van der Waals surface area contributed by atoms with Gasteiger partial charge in [-0.25, -0.2) is 0 Å². The molecule has 6 nitrogen and oxygen atoms in total. The highest BCUT2D eigenvalue weighted by Crippen LogP contribution is 2.35. The first-order valence-electron chi connectivity index (χ1n) is 13.7. The maximum absolute atomic E-state index is 6.04. The van der Waals surface area contributed by atoms with Crippen LogP contribution in [0.3, 0.4) is 0 Å². The van der Waals surface area contributed by atoms with Crippen LogP contribution in [0.15, 0.2) is 0 Å². The first-order chi connectivity index (χ1) is 15.9. The molecular formula is C26H59N3O3Si. The summed E-state index contributed by atoms with van der Waals surface area (Å²) in [5.74, 6) is 0. The van der Waals surface area contributed by atoms with Crippen LogP contribution in [0, 0.1) is 5.41 Å². The van der Waals surface area contributed by atoms with Crippen molar-refractivity contribution in [2.75, 3.05) is 80.2 Å². The van der Waals surface area contributed by atoms with Crippen molar-refractivity contribution in [3.63, 3.8) is 0 Å². The molecule has 0 saturated heterocycles. The summed E-state index contributed by atoms with van der Waals surface area (Å²) in [6.07, 6.45) is 7.08. The molecule has 0 aromatic rings. The molecular weight excluding hydrogens is 430 g/mol. The van der Waals surface area contributed by atoms with Crippen LogP contribution in [-0.2, 0) is 13.3 Å². The van der Waals surface area contributed by atoms with Gasteiger partial charge in [-0.1, -0.05) is 41.5 Å². The van der Waals surface area contributed by atoms with Crippen LogP contribution in [0.25, 0.3) is 0 Å². The predicted molar refractivity (Wildman–Crippen MR) is 145 cm³/mol. The lowest BCUT2D eigenvalue weighted by Gasteiger charge is -2.46. The fourth-order valence-electron chi connectivity index (χ4n) is 5.37. The Morgan fingerprint density at radius 1 is 0.485 bits per heavy atom. The van der Waals surface area contributed by atoms with Gasteiger partial charge in [0.25, 0.3) is 0 Å². The Labute approximate surface area is 208 Å². The summed E-state index contributed by atoms with van der Waals surface area (Å²) in [6.45, 7) is 23.8. The lowest BCUT2D eigenvalue weighted by Crippen LogP contribution is -2.58. The molecule has 0 heterocycles. The van der Waals surface area contributed by atoms with E-state index < -0.39 is 8.80 Å². The van der Waals surface area contributed by atoms with Gasteiger partial charge in [0.1, 0.15) is 0 Å². The van der Waals surface area contributed by atoms with Crippen molar-refractivity contribution in [1.29, 1.82) is 0 Å². The van der Waals surface area contributed by atoms with E-state index in [0.29, 0.717) is 0 Å². The first kappa shape index (κ1) is 33.0. The van der Waals surface area contributed by atoms with Crippen molar-refractivity contribution < 1.29 is 13.3 Å². The molecule has 0 unspecified atom stereocenters. The van der Waals surface area contributed by atoms with Gasteiger partial charge in [0, 0.05) is 52.4 Å². The minimum Gasteiger partial charge on any atom is -0.377 e. The molecule has 0 spiro atoms. The normalized spacial score (nSPS) is 13.1. The van der Waals surface area contributed by atoms with Gasteiger partial charge in [-0.15, -0.1) is 0 Å². The third-order valence-corrected chi connectivity index (χ3v) is 9.49. The molecule has 0 saturated carbocycles. The zero-order valence-corrected chi connectivity index (χ0v) is 24.9. The largest absolute Gasteiger partial charge is 0.500 e. The van der Waals surface area contributed by atoms with E-state index in [1.165, 1.54) is 38.5 Å². The van der Waals surface area contributed by atoms with Gasteiger partial charge in [0.05, 0.1) is 0 Å². The van der Waals surface area contributed by atoms with Gasteiger partial charge in [-0.3, -0.25) is 0 Å². The van der Waals surface area contributed by atoms with Crippen LogP contribution >= 0.6 is 0 Å². The molecule has 7 heteroatoms. The van der Waals surface area contributed by atoms with E-state index in [4.69, 9.17) is 13.3 Å². The zero-order chi connectivity index (χ0) is 25.2. The SMILES string of the molecule is CCCN(CCC)CC(CN(CCC)CCC)(CN(CCC)CCC)C[Si](OC)(OC)OC. The summed E-state index contributed by atoms with van der Waals surface area (Å²) in [5.41, 5.74) is 0.0211. The third kappa shape index (κ3) is 12.5. The van der Waals surface area contributed by atoms with E-state index >= 15 is 0 Å². The van der Waals surface area contributed by atoms with Gasteiger partial charge in [0.2, 0.25) is 0 Å². The number of hydrogen-bond acceptors (Lipinski definition) is 6. The third-order valence-electron chi connectivity index (χ3n) is 6.44. The molecule has 0 N–H and O–H groups in total. The monoisotopic (exact) mass is 489 g/mol. The van der Waals surface area contributed by atoms with E-state index in [1.54, 1.807) is 21.3 Å². The molecule has 0 atom stereocenters. The van der Waals surface area contributed by atoms with Crippen molar-refractivity contribution in [3.8, 4) is 0 Å². The minimum absolute atomic E-state index is 0.0211. The van der Waals surface area contributed by atoms with Crippen molar-refractivity contribution in [2.45, 2.75) is 86.1 Å². The maximum Gasteiger partial charge on any atom is 0.500 e. The van der Waals surface area contributed by atoms with Crippen molar-refractivity contribution in [1.82, 2.24) is 14.7 Å². The van der Waals surface area contributed by atoms with E-state index in [-0.39, 0.29) is 5.41 Å². The number of rotatable bonds is 23. The Morgan fingerprint density at radius 2 is 0.727 bits per heavy atom. The molecule has 0 aliphatic carbocycles. The molecule has 0 aromatic heterocycles. The summed E-state index contributed by atoms with van der Waals surface area (Å²) in [6, 6.07) is 0.848. The molecule has 0 rings (SSSR count). The molecule has 200 valence electrons. The molecule has 0 bridgehead atoms. The average Bonchev–Trinajstić information content (AvgIpc) is 2.79. The van der Waals surface area contributed by atoms with Crippen LogP contribution in [0.2, 0.25) is 6.04 Å². The highest BCUT2D eigenvalue weighted by Gasteiger charge is 2.49. The van der Waals surface area contributed by atoms with Gasteiger partial charge in [-0.05, 0) is 77.8 Å². The van der Waals surface area contributed by atoms with E-state index in [9.17, 15) is 0 Å². The van der Waals surface area contributed by atoms with Gasteiger partial charge in [-0.2, -0.15) is 0 Å². The summed E-state index contributed by atoms with van der Waals surface area (Å²) in [5, 5.41) is 0. The molecule has 33 heavy (non-hydrogen) atoms. The Balaban J connectivity index is 6.46. The lowest BCUT2D eigenvalue weighted by atomic mass is 9.87. The quantitative estimate of drug-likeness (QED) is 0.183. The Morgan fingerprint density at radius 3 is 0.909 bits per heavy atom. The zero-order valence-electron chi connectivity index (χ0n) is 23.9. The second-order valence-electron chi connectivity index (χ2n) is 9.80.